The molecular formula is C13H17F3N3O3S+. The summed E-state index contributed by atoms with van der Waals surface area (Å²) in [6.45, 7) is 0. The molecule has 0 aromatic carbocycles. The summed E-state index contributed by atoms with van der Waals surface area (Å²) in [4.78, 5) is 3.06. The molecule has 2 rings (SSSR count). The molecule has 1 aliphatic carbocycles. The van der Waals surface area contributed by atoms with E-state index in [4.69, 9.17) is 0 Å². The van der Waals surface area contributed by atoms with E-state index in [-0.39, 0.29) is 0 Å². The fourth-order valence-corrected chi connectivity index (χ4v) is 3.10. The zero-order valence-corrected chi connectivity index (χ0v) is 13.8. The van der Waals surface area contributed by atoms with Crippen LogP contribution in [0.1, 0.15) is 0 Å². The Kier molecular flexibility index (Phi) is 4.10. The molecule has 1 aromatic heterocycles. The van der Waals surface area contributed by atoms with Crippen LogP contribution in [0.2, 0.25) is 0 Å². The molecule has 0 N–H and O–H groups in total. The first kappa shape index (κ1) is 17.5. The second kappa shape index (κ2) is 5.38. The number of aromatic nitrogens is 1. The number of rotatable bonds is 5. The van der Waals surface area contributed by atoms with Crippen LogP contribution in [-0.4, -0.2) is 51.9 Å². The van der Waals surface area contributed by atoms with Gasteiger partial charge in [-0.2, -0.15) is 30.3 Å². The minimum Gasteiger partial charge on any atom is -0.371 e. The van der Waals surface area contributed by atoms with Crippen LogP contribution in [0.3, 0.4) is 0 Å². The third-order valence-electron chi connectivity index (χ3n) is 3.29. The van der Waals surface area contributed by atoms with Gasteiger partial charge in [-0.1, -0.05) is 6.07 Å². The van der Waals surface area contributed by atoms with Crippen LogP contribution in [0.25, 0.3) is 0 Å². The normalized spacial score (nSPS) is 17.2. The van der Waals surface area contributed by atoms with Crippen molar-refractivity contribution in [1.82, 2.24) is 9.80 Å². The molecule has 23 heavy (non-hydrogen) atoms. The second-order valence-corrected chi connectivity index (χ2v) is 6.93. The molecule has 1 aliphatic rings. The lowest BCUT2D eigenvalue weighted by Gasteiger charge is -2.20. The Labute approximate surface area is 132 Å². The molecule has 0 amide bonds. The van der Waals surface area contributed by atoms with E-state index in [0.717, 1.165) is 0 Å². The number of alkyl halides is 3. The van der Waals surface area contributed by atoms with Gasteiger partial charge >= 0.3 is 21.4 Å². The third-order valence-corrected chi connectivity index (χ3v) is 4.32. The van der Waals surface area contributed by atoms with Crippen molar-refractivity contribution in [3.8, 4) is 0 Å². The zero-order valence-electron chi connectivity index (χ0n) is 13.0. The zero-order chi connectivity index (χ0) is 17.6. The van der Waals surface area contributed by atoms with E-state index < -0.39 is 21.4 Å². The monoisotopic (exact) mass is 352 g/mol. The van der Waals surface area contributed by atoms with E-state index >= 15 is 0 Å². The van der Waals surface area contributed by atoms with Crippen LogP contribution in [0.15, 0.2) is 42.0 Å². The van der Waals surface area contributed by atoms with Gasteiger partial charge in [-0.15, -0.1) is 0 Å². The second-order valence-electron chi connectivity index (χ2n) is 5.40. The lowest BCUT2D eigenvalue weighted by molar-refractivity contribution is -0.769. The van der Waals surface area contributed by atoms with Crippen LogP contribution in [0.5, 0.6) is 0 Å². The summed E-state index contributed by atoms with van der Waals surface area (Å²) < 4.78 is 67.6. The van der Waals surface area contributed by atoms with Gasteiger partial charge in [-0.3, -0.25) is 0 Å². The molecule has 0 aliphatic heterocycles. The summed E-state index contributed by atoms with van der Waals surface area (Å²) in [5.74, 6) is 0. The molecule has 1 heterocycles. The van der Waals surface area contributed by atoms with Gasteiger partial charge in [0.15, 0.2) is 23.8 Å². The van der Waals surface area contributed by atoms with Gasteiger partial charge < -0.3 is 9.80 Å². The van der Waals surface area contributed by atoms with Crippen LogP contribution >= 0.6 is 0 Å². The molecule has 6 nitrogen and oxygen atoms in total. The van der Waals surface area contributed by atoms with Gasteiger partial charge in [0.05, 0.1) is 0 Å². The summed E-state index contributed by atoms with van der Waals surface area (Å²) in [7, 11) is 0.629. The van der Waals surface area contributed by atoms with Gasteiger partial charge in [-0.05, 0) is 0 Å². The Hall–Kier alpha value is -1.81. The SMILES string of the molecule is CN(C)C1=C(N(C)C)C1(OS(=O)(=O)C(F)(F)F)[n+]1ccccc1. The van der Waals surface area contributed by atoms with Gasteiger partial charge in [-0.25, -0.2) is 0 Å². The number of hydrogen-bond acceptors (Lipinski definition) is 5. The number of pyridine rings is 1. The molecule has 0 saturated carbocycles. The Morgan fingerprint density at radius 1 is 1.00 bits per heavy atom. The first-order valence-corrected chi connectivity index (χ1v) is 7.94. The average molecular weight is 352 g/mol. The van der Waals surface area contributed by atoms with Crippen molar-refractivity contribution in [2.24, 2.45) is 0 Å². The van der Waals surface area contributed by atoms with Crippen molar-refractivity contribution < 1.29 is 30.3 Å². The molecule has 0 atom stereocenters. The number of nitrogens with zero attached hydrogens (tertiary/aromatic N) is 3. The van der Waals surface area contributed by atoms with E-state index in [1.54, 1.807) is 46.4 Å². The predicted molar refractivity (Wildman–Crippen MR) is 75.1 cm³/mol. The first-order chi connectivity index (χ1) is 10.4. The highest BCUT2D eigenvalue weighted by atomic mass is 32.2. The predicted octanol–water partition coefficient (Wildman–Crippen LogP) is 0.841. The minimum absolute atomic E-state index is 0.325. The van der Waals surface area contributed by atoms with Crippen molar-refractivity contribution in [2.45, 2.75) is 11.2 Å². The van der Waals surface area contributed by atoms with Crippen molar-refractivity contribution in [3.63, 3.8) is 0 Å². The third kappa shape index (κ3) is 2.76. The maximum absolute atomic E-state index is 12.8. The van der Waals surface area contributed by atoms with Crippen molar-refractivity contribution >= 4 is 10.1 Å². The fourth-order valence-electron chi connectivity index (χ4n) is 2.44. The van der Waals surface area contributed by atoms with E-state index in [1.165, 1.54) is 26.8 Å². The molecular weight excluding hydrogens is 335 g/mol. The van der Waals surface area contributed by atoms with Crippen LogP contribution in [0, 0.1) is 0 Å². The maximum atomic E-state index is 12.8. The molecule has 0 bridgehead atoms. The largest absolute Gasteiger partial charge is 0.523 e. The Bertz CT molecular complexity index is 710. The van der Waals surface area contributed by atoms with E-state index in [0.29, 0.717) is 11.4 Å². The highest BCUT2D eigenvalue weighted by molar-refractivity contribution is 7.87. The van der Waals surface area contributed by atoms with Crippen molar-refractivity contribution in [2.75, 3.05) is 28.2 Å². The van der Waals surface area contributed by atoms with Gasteiger partial charge in [0.1, 0.15) is 0 Å². The molecule has 0 unspecified atom stereocenters. The van der Waals surface area contributed by atoms with Crippen LogP contribution in [-0.2, 0) is 20.0 Å². The number of likely N-dealkylation sites (N-methyl/N-ethyl adjacent to an activating group) is 2. The molecule has 0 radical (unpaired) electrons. The molecule has 0 saturated heterocycles. The Morgan fingerprint density at radius 3 is 1.78 bits per heavy atom. The number of hydrogen-bond donors (Lipinski definition) is 0. The summed E-state index contributed by atoms with van der Waals surface area (Å²) in [6, 6.07) is 4.81. The molecule has 0 fully saturated rings. The maximum Gasteiger partial charge on any atom is 0.523 e. The highest BCUT2D eigenvalue weighted by Gasteiger charge is 2.72. The van der Waals surface area contributed by atoms with Crippen molar-refractivity contribution in [3.05, 3.63) is 42.0 Å². The van der Waals surface area contributed by atoms with E-state index in [1.807, 2.05) is 0 Å². The first-order valence-electron chi connectivity index (χ1n) is 6.53. The number of halogens is 3. The van der Waals surface area contributed by atoms with Gasteiger partial charge in [0.2, 0.25) is 0 Å². The Balaban J connectivity index is 2.58. The van der Waals surface area contributed by atoms with Gasteiger partial charge in [0.25, 0.3) is 0 Å². The summed E-state index contributed by atoms with van der Waals surface area (Å²) in [6.07, 6.45) is 2.90. The lowest BCUT2D eigenvalue weighted by atomic mass is 10.3. The fraction of sp³-hybridized carbons (Fsp3) is 0.462. The smallest absolute Gasteiger partial charge is 0.371 e. The quantitative estimate of drug-likeness (QED) is 0.447. The van der Waals surface area contributed by atoms with Crippen LogP contribution < -0.4 is 4.57 Å². The van der Waals surface area contributed by atoms with E-state index in [9.17, 15) is 21.6 Å². The van der Waals surface area contributed by atoms with E-state index in [2.05, 4.69) is 4.18 Å². The topological polar surface area (TPSA) is 53.7 Å². The summed E-state index contributed by atoms with van der Waals surface area (Å²) >= 11 is 0. The highest BCUT2D eigenvalue weighted by Crippen LogP contribution is 2.51. The molecule has 10 heteroatoms. The summed E-state index contributed by atoms with van der Waals surface area (Å²) in [5.41, 5.74) is -6.70. The average Bonchev–Trinajstić information content (AvgIpc) is 3.08. The molecule has 1 aromatic rings. The Morgan fingerprint density at radius 2 is 1.43 bits per heavy atom. The summed E-state index contributed by atoms with van der Waals surface area (Å²) in [5, 5.41) is 0. The molecule has 128 valence electrons. The standard InChI is InChI=1S/C13H17F3N3O3S/c1-17(2)10-11(18(3)4)12(10,19-8-6-5-7-9-19)22-23(20,21)13(14,15)16/h5-9H,1-4H3/q+1. The van der Waals surface area contributed by atoms with Gasteiger partial charge in [0, 0.05) is 40.3 Å². The van der Waals surface area contributed by atoms with Crippen LogP contribution in [0.4, 0.5) is 13.2 Å². The van der Waals surface area contributed by atoms with Crippen molar-refractivity contribution in [1.29, 1.82) is 0 Å². The minimum atomic E-state index is -5.79. The molecule has 0 spiro atoms. The lowest BCUT2D eigenvalue weighted by Crippen LogP contribution is -2.55.